The number of Topliss-reactive ketones (excluding diaryl/α,β-unsaturated/α-hetero) is 1. The molecule has 96 valence electrons. The van der Waals surface area contributed by atoms with Crippen LogP contribution in [0.4, 0.5) is 4.39 Å². The van der Waals surface area contributed by atoms with Crippen LogP contribution in [0.5, 0.6) is 0 Å². The molecular weight excluding hydrogens is 311 g/mol. The number of ketones is 2. The van der Waals surface area contributed by atoms with Crippen molar-refractivity contribution in [2.45, 2.75) is 0 Å². The fourth-order valence-electron chi connectivity index (χ4n) is 1.69. The Kier molecular flexibility index (Phi) is 4.22. The molecule has 0 aliphatic heterocycles. The van der Waals surface area contributed by atoms with Crippen LogP contribution in [0.2, 0.25) is 0 Å². The quantitative estimate of drug-likeness (QED) is 0.802. The van der Waals surface area contributed by atoms with E-state index in [1.165, 1.54) is 18.2 Å². The lowest BCUT2D eigenvalue weighted by atomic mass is 10.0. The molecule has 0 aliphatic carbocycles. The first kappa shape index (κ1) is 13.6. The molecular formula is C15H10BrFO2. The maximum atomic E-state index is 12.3. The van der Waals surface area contributed by atoms with Crippen molar-refractivity contribution in [1.29, 1.82) is 0 Å². The van der Waals surface area contributed by atoms with Gasteiger partial charge in [0.05, 0.1) is 0 Å². The number of carbonyl (C=O) groups is 2. The Morgan fingerprint density at radius 1 is 1.00 bits per heavy atom. The summed E-state index contributed by atoms with van der Waals surface area (Å²) in [4.78, 5) is 23.5. The molecule has 0 unspecified atom stereocenters. The zero-order valence-electron chi connectivity index (χ0n) is 9.90. The van der Waals surface area contributed by atoms with E-state index in [1.54, 1.807) is 24.3 Å². The Morgan fingerprint density at radius 3 is 2.26 bits per heavy atom. The summed E-state index contributed by atoms with van der Waals surface area (Å²) in [7, 11) is 0. The summed E-state index contributed by atoms with van der Waals surface area (Å²) in [6.45, 7) is -1.04. The fourth-order valence-corrected chi connectivity index (χ4v) is 2.25. The zero-order valence-corrected chi connectivity index (χ0v) is 11.5. The van der Waals surface area contributed by atoms with E-state index in [1.807, 2.05) is 6.07 Å². The van der Waals surface area contributed by atoms with Crippen molar-refractivity contribution in [3.8, 4) is 0 Å². The third-order valence-corrected chi connectivity index (χ3v) is 3.35. The van der Waals surface area contributed by atoms with Gasteiger partial charge in [0.25, 0.3) is 0 Å². The molecule has 0 N–H and O–H groups in total. The van der Waals surface area contributed by atoms with Crippen LogP contribution in [-0.4, -0.2) is 18.2 Å². The summed E-state index contributed by atoms with van der Waals surface area (Å²) in [5, 5.41) is 0. The highest BCUT2D eigenvalue weighted by atomic mass is 79.9. The third kappa shape index (κ3) is 2.96. The van der Waals surface area contributed by atoms with E-state index in [0.29, 0.717) is 15.6 Å². The average molecular weight is 321 g/mol. The molecule has 19 heavy (non-hydrogen) atoms. The molecule has 0 fully saturated rings. The Labute approximate surface area is 118 Å². The van der Waals surface area contributed by atoms with E-state index < -0.39 is 12.5 Å². The first-order chi connectivity index (χ1) is 9.13. The second-order valence-corrected chi connectivity index (χ2v) is 4.80. The zero-order chi connectivity index (χ0) is 13.8. The van der Waals surface area contributed by atoms with Gasteiger partial charge >= 0.3 is 0 Å². The highest BCUT2D eigenvalue weighted by Crippen LogP contribution is 2.22. The molecule has 2 rings (SSSR count). The van der Waals surface area contributed by atoms with Gasteiger partial charge in [-0.15, -0.1) is 0 Å². The lowest BCUT2D eigenvalue weighted by Gasteiger charge is -2.05. The first-order valence-electron chi connectivity index (χ1n) is 5.62. The van der Waals surface area contributed by atoms with E-state index >= 15 is 0 Å². The van der Waals surface area contributed by atoms with Crippen LogP contribution in [0.3, 0.4) is 0 Å². The summed E-state index contributed by atoms with van der Waals surface area (Å²) in [6, 6.07) is 13.3. The summed E-state index contributed by atoms with van der Waals surface area (Å²) in [5.74, 6) is -0.744. The molecule has 0 amide bonds. The molecule has 0 spiro atoms. The SMILES string of the molecule is O=C(CF)c1ccc(C(=O)c2ccccc2)c(Br)c1. The number of alkyl halides is 1. The van der Waals surface area contributed by atoms with E-state index in [-0.39, 0.29) is 11.3 Å². The van der Waals surface area contributed by atoms with Gasteiger partial charge in [-0.2, -0.15) is 0 Å². The largest absolute Gasteiger partial charge is 0.291 e. The monoisotopic (exact) mass is 320 g/mol. The Balaban J connectivity index is 2.37. The standard InChI is InChI=1S/C15H10BrFO2/c16-13-8-11(14(18)9-17)6-7-12(13)15(19)10-4-2-1-3-5-10/h1-8H,9H2. The minimum absolute atomic E-state index is 0.147. The predicted molar refractivity (Wildman–Crippen MR) is 74.3 cm³/mol. The molecule has 0 aliphatic rings. The minimum Gasteiger partial charge on any atom is -0.291 e. The normalized spacial score (nSPS) is 10.2. The molecule has 4 heteroatoms. The fraction of sp³-hybridized carbons (Fsp3) is 0.0667. The van der Waals surface area contributed by atoms with Crippen molar-refractivity contribution in [1.82, 2.24) is 0 Å². The number of rotatable bonds is 4. The average Bonchev–Trinajstić information content (AvgIpc) is 2.46. The van der Waals surface area contributed by atoms with Gasteiger partial charge in [-0.1, -0.05) is 52.3 Å². The van der Waals surface area contributed by atoms with Crippen molar-refractivity contribution < 1.29 is 14.0 Å². The van der Waals surface area contributed by atoms with E-state index in [9.17, 15) is 14.0 Å². The molecule has 0 atom stereocenters. The van der Waals surface area contributed by atoms with Gasteiger partial charge in [-0.05, 0) is 12.1 Å². The number of hydrogen-bond donors (Lipinski definition) is 0. The third-order valence-electron chi connectivity index (χ3n) is 2.69. The van der Waals surface area contributed by atoms with Crippen LogP contribution >= 0.6 is 15.9 Å². The second-order valence-electron chi connectivity index (χ2n) is 3.95. The van der Waals surface area contributed by atoms with Crippen molar-refractivity contribution in [2.75, 3.05) is 6.67 Å². The number of halogens is 2. The van der Waals surface area contributed by atoms with Crippen LogP contribution in [-0.2, 0) is 0 Å². The molecule has 0 saturated carbocycles. The van der Waals surface area contributed by atoms with Gasteiger partial charge in [0.15, 0.2) is 18.2 Å². The number of benzene rings is 2. The highest BCUT2D eigenvalue weighted by molar-refractivity contribution is 9.10. The highest BCUT2D eigenvalue weighted by Gasteiger charge is 2.14. The summed E-state index contributed by atoms with van der Waals surface area (Å²) in [5.41, 5.74) is 1.26. The molecule has 2 nitrogen and oxygen atoms in total. The predicted octanol–water partition coefficient (Wildman–Crippen LogP) is 3.83. The maximum absolute atomic E-state index is 12.3. The lowest BCUT2D eigenvalue weighted by Crippen LogP contribution is -2.05. The molecule has 0 aromatic heterocycles. The maximum Gasteiger partial charge on any atom is 0.194 e. The topological polar surface area (TPSA) is 34.1 Å². The van der Waals surface area contributed by atoms with Crippen molar-refractivity contribution in [3.05, 3.63) is 69.7 Å². The molecule has 0 saturated heterocycles. The number of hydrogen-bond acceptors (Lipinski definition) is 2. The van der Waals surface area contributed by atoms with Gasteiger partial charge < -0.3 is 0 Å². The smallest absolute Gasteiger partial charge is 0.194 e. The van der Waals surface area contributed by atoms with Gasteiger partial charge in [0.1, 0.15) is 0 Å². The molecule has 0 heterocycles. The van der Waals surface area contributed by atoms with Crippen molar-refractivity contribution >= 4 is 27.5 Å². The van der Waals surface area contributed by atoms with E-state index in [2.05, 4.69) is 15.9 Å². The summed E-state index contributed by atoms with van der Waals surface area (Å²) >= 11 is 3.25. The second kappa shape index (κ2) is 5.89. The molecule has 0 radical (unpaired) electrons. The molecule has 2 aromatic rings. The van der Waals surface area contributed by atoms with Crippen LogP contribution in [0.1, 0.15) is 26.3 Å². The van der Waals surface area contributed by atoms with Crippen LogP contribution in [0.25, 0.3) is 0 Å². The molecule has 0 bridgehead atoms. The van der Waals surface area contributed by atoms with Gasteiger partial charge in [0.2, 0.25) is 0 Å². The lowest BCUT2D eigenvalue weighted by molar-refractivity contribution is 0.0957. The van der Waals surface area contributed by atoms with E-state index in [4.69, 9.17) is 0 Å². The van der Waals surface area contributed by atoms with Gasteiger partial charge in [-0.3, -0.25) is 9.59 Å². The van der Waals surface area contributed by atoms with Crippen molar-refractivity contribution in [3.63, 3.8) is 0 Å². The van der Waals surface area contributed by atoms with E-state index in [0.717, 1.165) is 0 Å². The minimum atomic E-state index is -1.04. The molecule has 2 aromatic carbocycles. The summed E-state index contributed by atoms with van der Waals surface area (Å²) in [6.07, 6.45) is 0. The first-order valence-corrected chi connectivity index (χ1v) is 6.41. The van der Waals surface area contributed by atoms with Gasteiger partial charge in [0, 0.05) is 21.2 Å². The Bertz CT molecular complexity index is 623. The number of carbonyl (C=O) groups excluding carboxylic acids is 2. The van der Waals surface area contributed by atoms with Crippen LogP contribution < -0.4 is 0 Å². The van der Waals surface area contributed by atoms with Crippen LogP contribution in [0, 0.1) is 0 Å². The Hall–Kier alpha value is -1.81. The Morgan fingerprint density at radius 2 is 1.68 bits per heavy atom. The van der Waals surface area contributed by atoms with Crippen molar-refractivity contribution in [2.24, 2.45) is 0 Å². The van der Waals surface area contributed by atoms with Gasteiger partial charge in [-0.25, -0.2) is 4.39 Å². The summed E-state index contributed by atoms with van der Waals surface area (Å²) < 4.78 is 12.8. The van der Waals surface area contributed by atoms with Crippen LogP contribution in [0.15, 0.2) is 53.0 Å².